The van der Waals surface area contributed by atoms with E-state index in [-0.39, 0.29) is 0 Å². The highest BCUT2D eigenvalue weighted by molar-refractivity contribution is 5.56. The lowest BCUT2D eigenvalue weighted by Crippen LogP contribution is -2.05. The molecule has 0 aliphatic heterocycles. The third kappa shape index (κ3) is 6.43. The van der Waals surface area contributed by atoms with Gasteiger partial charge in [0.1, 0.15) is 12.6 Å². The Kier molecular flexibility index (Phi) is 6.29. The van der Waals surface area contributed by atoms with Gasteiger partial charge in [-0.3, -0.25) is 0 Å². The first-order valence-electron chi connectivity index (χ1n) is 6.25. The minimum atomic E-state index is 0.454. The molecule has 86 valence electrons. The van der Waals surface area contributed by atoms with E-state index in [1.54, 1.807) is 0 Å². The zero-order valence-electron chi connectivity index (χ0n) is 9.49. The zero-order valence-corrected chi connectivity index (χ0v) is 9.49. The third-order valence-corrected chi connectivity index (χ3v) is 3.23. The highest BCUT2D eigenvalue weighted by Gasteiger charge is 2.18. The summed E-state index contributed by atoms with van der Waals surface area (Å²) in [4.78, 5) is 19.6. The summed E-state index contributed by atoms with van der Waals surface area (Å²) >= 11 is 0. The van der Waals surface area contributed by atoms with Gasteiger partial charge >= 0.3 is 0 Å². The predicted octanol–water partition coefficient (Wildman–Crippen LogP) is 3.14. The molecule has 0 atom stereocenters. The quantitative estimate of drug-likeness (QED) is 0.668. The SMILES string of the molecule is O=CC1CC1.O=CCCC1CCCCC1. The van der Waals surface area contributed by atoms with E-state index in [4.69, 9.17) is 0 Å². The van der Waals surface area contributed by atoms with Crippen molar-refractivity contribution < 1.29 is 9.59 Å². The fourth-order valence-corrected chi connectivity index (χ4v) is 2.01. The van der Waals surface area contributed by atoms with Gasteiger partial charge in [-0.05, 0) is 25.2 Å². The molecule has 0 spiro atoms. The first-order chi connectivity index (χ1) is 7.36. The molecule has 0 saturated heterocycles. The topological polar surface area (TPSA) is 34.1 Å². The van der Waals surface area contributed by atoms with Gasteiger partial charge in [-0.25, -0.2) is 0 Å². The average Bonchev–Trinajstić information content (AvgIpc) is 3.12. The maximum Gasteiger partial charge on any atom is 0.123 e. The smallest absolute Gasteiger partial charge is 0.123 e. The van der Waals surface area contributed by atoms with E-state index in [0.29, 0.717) is 5.92 Å². The number of carbonyl (C=O) groups is 2. The maximum absolute atomic E-state index is 10.0. The number of hydrogen-bond donors (Lipinski definition) is 0. The van der Waals surface area contributed by atoms with Gasteiger partial charge in [-0.2, -0.15) is 0 Å². The molecule has 0 aromatic rings. The van der Waals surface area contributed by atoms with Crippen LogP contribution in [0.5, 0.6) is 0 Å². The van der Waals surface area contributed by atoms with Crippen molar-refractivity contribution in [1.82, 2.24) is 0 Å². The lowest BCUT2D eigenvalue weighted by Gasteiger charge is -2.19. The summed E-state index contributed by atoms with van der Waals surface area (Å²) in [5.41, 5.74) is 0. The van der Waals surface area contributed by atoms with E-state index >= 15 is 0 Å². The van der Waals surface area contributed by atoms with Gasteiger partial charge in [0, 0.05) is 12.3 Å². The van der Waals surface area contributed by atoms with Gasteiger partial charge in [0.25, 0.3) is 0 Å². The Morgan fingerprint density at radius 3 is 2.00 bits per heavy atom. The van der Waals surface area contributed by atoms with Crippen LogP contribution in [-0.2, 0) is 9.59 Å². The summed E-state index contributed by atoms with van der Waals surface area (Å²) in [6.07, 6.45) is 13.2. The normalized spacial score (nSPS) is 21.3. The van der Waals surface area contributed by atoms with Crippen molar-refractivity contribution in [2.24, 2.45) is 11.8 Å². The summed E-state index contributed by atoms with van der Waals surface area (Å²) in [6.45, 7) is 0. The van der Waals surface area contributed by atoms with Crippen LogP contribution >= 0.6 is 0 Å². The minimum Gasteiger partial charge on any atom is -0.303 e. The second-order valence-corrected chi connectivity index (χ2v) is 4.72. The molecule has 2 saturated carbocycles. The molecule has 2 heteroatoms. The molecule has 15 heavy (non-hydrogen) atoms. The van der Waals surface area contributed by atoms with Crippen LogP contribution in [0.15, 0.2) is 0 Å². The molecule has 0 aromatic carbocycles. The molecule has 2 fully saturated rings. The van der Waals surface area contributed by atoms with Gasteiger partial charge in [-0.1, -0.05) is 32.1 Å². The fraction of sp³-hybridized carbons (Fsp3) is 0.846. The highest BCUT2D eigenvalue weighted by atomic mass is 16.1. The van der Waals surface area contributed by atoms with Crippen LogP contribution in [0.2, 0.25) is 0 Å². The molecular weight excluding hydrogens is 188 g/mol. The minimum absolute atomic E-state index is 0.454. The molecule has 0 amide bonds. The first kappa shape index (κ1) is 12.4. The monoisotopic (exact) mass is 210 g/mol. The number of carbonyl (C=O) groups excluding carboxylic acids is 2. The Hall–Kier alpha value is -0.660. The summed E-state index contributed by atoms with van der Waals surface area (Å²) < 4.78 is 0. The van der Waals surface area contributed by atoms with Crippen molar-refractivity contribution >= 4 is 12.6 Å². The molecular formula is C13H22O2. The van der Waals surface area contributed by atoms with Crippen molar-refractivity contribution in [2.75, 3.05) is 0 Å². The number of rotatable bonds is 4. The molecule has 0 radical (unpaired) electrons. The summed E-state index contributed by atoms with van der Waals surface area (Å²) in [7, 11) is 0. The van der Waals surface area contributed by atoms with Gasteiger partial charge in [0.2, 0.25) is 0 Å². The lowest BCUT2D eigenvalue weighted by atomic mass is 9.86. The summed E-state index contributed by atoms with van der Waals surface area (Å²) in [6, 6.07) is 0. The van der Waals surface area contributed by atoms with Crippen LogP contribution in [0.1, 0.15) is 57.8 Å². The Morgan fingerprint density at radius 2 is 1.60 bits per heavy atom. The lowest BCUT2D eigenvalue weighted by molar-refractivity contribution is -0.109. The van der Waals surface area contributed by atoms with E-state index < -0.39 is 0 Å². The standard InChI is InChI=1S/C9H16O.C4H6O/c10-8-4-7-9-5-2-1-3-6-9;5-3-4-1-2-4/h8-9H,1-7H2;3-4H,1-2H2. The van der Waals surface area contributed by atoms with Gasteiger partial charge in [-0.15, -0.1) is 0 Å². The van der Waals surface area contributed by atoms with E-state index in [1.807, 2.05) is 0 Å². The van der Waals surface area contributed by atoms with Crippen LogP contribution < -0.4 is 0 Å². The van der Waals surface area contributed by atoms with Crippen LogP contribution in [0, 0.1) is 11.8 Å². The Morgan fingerprint density at radius 1 is 0.933 bits per heavy atom. The maximum atomic E-state index is 10.0. The van der Waals surface area contributed by atoms with Gasteiger partial charge < -0.3 is 9.59 Å². The highest BCUT2D eigenvalue weighted by Crippen LogP contribution is 2.26. The molecule has 2 aliphatic carbocycles. The van der Waals surface area contributed by atoms with Crippen LogP contribution in [0.3, 0.4) is 0 Å². The van der Waals surface area contributed by atoms with Crippen molar-refractivity contribution in [3.63, 3.8) is 0 Å². The molecule has 0 N–H and O–H groups in total. The Balaban J connectivity index is 0.000000187. The zero-order chi connectivity index (χ0) is 10.9. The fourth-order valence-electron chi connectivity index (χ4n) is 2.01. The molecule has 0 bridgehead atoms. The Bertz CT molecular complexity index is 179. The Labute approximate surface area is 92.4 Å². The van der Waals surface area contributed by atoms with E-state index in [0.717, 1.165) is 44.2 Å². The van der Waals surface area contributed by atoms with Crippen molar-refractivity contribution in [3.05, 3.63) is 0 Å². The molecule has 0 heterocycles. The molecule has 2 rings (SSSR count). The predicted molar refractivity (Wildman–Crippen MR) is 60.7 cm³/mol. The average molecular weight is 210 g/mol. The van der Waals surface area contributed by atoms with Crippen LogP contribution in [0.4, 0.5) is 0 Å². The number of aldehydes is 2. The summed E-state index contributed by atoms with van der Waals surface area (Å²) in [5.74, 6) is 1.33. The van der Waals surface area contributed by atoms with E-state index in [9.17, 15) is 9.59 Å². The van der Waals surface area contributed by atoms with Crippen molar-refractivity contribution in [2.45, 2.75) is 57.8 Å². The van der Waals surface area contributed by atoms with Gasteiger partial charge in [0.05, 0.1) is 0 Å². The van der Waals surface area contributed by atoms with Gasteiger partial charge in [0.15, 0.2) is 0 Å². The second kappa shape index (κ2) is 7.61. The van der Waals surface area contributed by atoms with E-state index in [1.165, 1.54) is 32.1 Å². The molecule has 2 aliphatic rings. The van der Waals surface area contributed by atoms with Crippen molar-refractivity contribution in [1.29, 1.82) is 0 Å². The third-order valence-electron chi connectivity index (χ3n) is 3.23. The van der Waals surface area contributed by atoms with Crippen LogP contribution in [-0.4, -0.2) is 12.6 Å². The first-order valence-corrected chi connectivity index (χ1v) is 6.25. The van der Waals surface area contributed by atoms with E-state index in [2.05, 4.69) is 0 Å². The molecule has 0 aromatic heterocycles. The number of hydrogen-bond acceptors (Lipinski definition) is 2. The largest absolute Gasteiger partial charge is 0.303 e. The summed E-state index contributed by atoms with van der Waals surface area (Å²) in [5, 5.41) is 0. The van der Waals surface area contributed by atoms with Crippen molar-refractivity contribution in [3.8, 4) is 0 Å². The second-order valence-electron chi connectivity index (χ2n) is 4.72. The molecule has 0 unspecified atom stereocenters. The van der Waals surface area contributed by atoms with Crippen LogP contribution in [0.25, 0.3) is 0 Å². The molecule has 2 nitrogen and oxygen atoms in total.